The van der Waals surface area contributed by atoms with Crippen molar-refractivity contribution in [2.45, 2.75) is 32.6 Å². The Hall–Kier alpha value is -1.62. The minimum atomic E-state index is -0.858. The summed E-state index contributed by atoms with van der Waals surface area (Å²) in [6.07, 6.45) is 3.03. The maximum atomic E-state index is 10.8. The lowest BCUT2D eigenvalue weighted by Crippen LogP contribution is -2.08. The van der Waals surface area contributed by atoms with Crippen molar-refractivity contribution in [3.05, 3.63) is 25.8 Å². The summed E-state index contributed by atoms with van der Waals surface area (Å²) in [6, 6.07) is 0. The van der Waals surface area contributed by atoms with Gasteiger partial charge in [-0.25, -0.2) is 0 Å². The summed E-state index contributed by atoms with van der Waals surface area (Å²) in [4.78, 5) is 20.8. The van der Waals surface area contributed by atoms with Gasteiger partial charge in [0, 0.05) is 12.8 Å². The van der Waals surface area contributed by atoms with Crippen molar-refractivity contribution in [1.29, 1.82) is 0 Å². The molecule has 0 spiro atoms. The van der Waals surface area contributed by atoms with Crippen LogP contribution in [0, 0.1) is 0 Å². The number of allylic oxidation sites excluding steroid dienone is 1. The molecule has 0 aliphatic heterocycles. The van der Waals surface area contributed by atoms with Gasteiger partial charge in [0.2, 0.25) is 0 Å². The standard InChI is InChI=1S/C8H14O5.C3H6.C2H4/c9-5-6-13-8(12)4-2-1-3-7(10)11;1-3-2;1-2/h9H,1-6H2,(H,10,11);3H,1H2,2H3;1-2H2. The number of aliphatic hydroxyl groups excluding tert-OH is 1. The van der Waals surface area contributed by atoms with Crippen LogP contribution in [0.25, 0.3) is 0 Å². The first-order valence-corrected chi connectivity index (χ1v) is 5.63. The zero-order chi connectivity index (χ0) is 14.8. The van der Waals surface area contributed by atoms with E-state index in [0.717, 1.165) is 0 Å². The average Bonchev–Trinajstić information content (AvgIpc) is 2.35. The predicted octanol–water partition coefficient (Wildman–Crippen LogP) is 2.16. The quantitative estimate of drug-likeness (QED) is 0.416. The van der Waals surface area contributed by atoms with Gasteiger partial charge >= 0.3 is 11.9 Å². The summed E-state index contributed by atoms with van der Waals surface area (Å²) in [5, 5.41) is 16.6. The molecule has 0 atom stereocenters. The van der Waals surface area contributed by atoms with Gasteiger partial charge in [-0.05, 0) is 19.8 Å². The van der Waals surface area contributed by atoms with E-state index >= 15 is 0 Å². The van der Waals surface area contributed by atoms with E-state index in [9.17, 15) is 9.59 Å². The molecule has 0 saturated carbocycles. The molecule has 0 amide bonds. The molecule has 0 rings (SSSR count). The summed E-state index contributed by atoms with van der Waals surface area (Å²) in [5.41, 5.74) is 0. The Kier molecular flexibility index (Phi) is 25.0. The molecule has 0 fully saturated rings. The predicted molar refractivity (Wildman–Crippen MR) is 71.3 cm³/mol. The molecule has 0 heterocycles. The zero-order valence-electron chi connectivity index (χ0n) is 11.1. The number of carbonyl (C=O) groups is 2. The van der Waals surface area contributed by atoms with Crippen LogP contribution in [0.3, 0.4) is 0 Å². The van der Waals surface area contributed by atoms with Gasteiger partial charge in [-0.3, -0.25) is 9.59 Å². The van der Waals surface area contributed by atoms with Crippen molar-refractivity contribution in [2.24, 2.45) is 0 Å². The first kappa shape index (κ1) is 21.6. The minimum absolute atomic E-state index is 0.0117. The summed E-state index contributed by atoms with van der Waals surface area (Å²) in [7, 11) is 0. The van der Waals surface area contributed by atoms with Crippen LogP contribution in [-0.4, -0.2) is 35.4 Å². The number of hydrogen-bond acceptors (Lipinski definition) is 4. The maximum Gasteiger partial charge on any atom is 0.305 e. The molecule has 0 aliphatic rings. The molecular formula is C13H24O5. The summed E-state index contributed by atoms with van der Waals surface area (Å²) >= 11 is 0. The molecule has 0 radical (unpaired) electrons. The molecule has 0 aliphatic carbocycles. The Balaban J connectivity index is -0.000000389. The van der Waals surface area contributed by atoms with E-state index in [2.05, 4.69) is 24.5 Å². The van der Waals surface area contributed by atoms with Gasteiger partial charge in [-0.2, -0.15) is 0 Å². The number of aliphatic hydroxyl groups is 1. The van der Waals surface area contributed by atoms with Gasteiger partial charge in [0.05, 0.1) is 6.61 Å². The highest BCUT2D eigenvalue weighted by Gasteiger charge is 2.03. The molecule has 0 aromatic heterocycles. The SMILES string of the molecule is C=C.C=CC.O=C(O)CCCCC(=O)OCCO. The summed E-state index contributed by atoms with van der Waals surface area (Å²) < 4.78 is 4.56. The second-order valence-electron chi connectivity index (χ2n) is 2.95. The van der Waals surface area contributed by atoms with Crippen LogP contribution < -0.4 is 0 Å². The van der Waals surface area contributed by atoms with Crippen LogP contribution in [0.1, 0.15) is 32.6 Å². The van der Waals surface area contributed by atoms with Crippen molar-refractivity contribution in [2.75, 3.05) is 13.2 Å². The molecule has 0 aromatic rings. The molecule has 0 unspecified atom stereocenters. The number of carboxylic acid groups (broad SMARTS) is 1. The topological polar surface area (TPSA) is 83.8 Å². The molecule has 0 aromatic carbocycles. The van der Waals surface area contributed by atoms with Crippen LogP contribution in [0.5, 0.6) is 0 Å². The van der Waals surface area contributed by atoms with Gasteiger partial charge in [-0.1, -0.05) is 6.08 Å². The Morgan fingerprint density at radius 2 is 1.67 bits per heavy atom. The van der Waals surface area contributed by atoms with E-state index in [4.69, 9.17) is 10.2 Å². The Labute approximate surface area is 109 Å². The van der Waals surface area contributed by atoms with E-state index in [0.29, 0.717) is 12.8 Å². The lowest BCUT2D eigenvalue weighted by Gasteiger charge is -2.01. The number of carbonyl (C=O) groups excluding carboxylic acids is 1. The number of hydrogen-bond donors (Lipinski definition) is 2. The molecule has 2 N–H and O–H groups in total. The highest BCUT2D eigenvalue weighted by atomic mass is 16.5. The van der Waals surface area contributed by atoms with Crippen LogP contribution in [0.2, 0.25) is 0 Å². The normalized spacial score (nSPS) is 7.89. The first-order chi connectivity index (χ1) is 8.58. The van der Waals surface area contributed by atoms with Crippen LogP contribution in [-0.2, 0) is 14.3 Å². The monoisotopic (exact) mass is 260 g/mol. The average molecular weight is 260 g/mol. The van der Waals surface area contributed by atoms with E-state index < -0.39 is 5.97 Å². The first-order valence-electron chi connectivity index (χ1n) is 5.63. The number of unbranched alkanes of at least 4 members (excludes halogenated alkanes) is 1. The second kappa shape index (κ2) is 20.8. The fourth-order valence-electron chi connectivity index (χ4n) is 0.777. The lowest BCUT2D eigenvalue weighted by atomic mass is 10.2. The van der Waals surface area contributed by atoms with Gasteiger partial charge in [0.25, 0.3) is 0 Å². The molecule has 0 bridgehead atoms. The molecule has 0 saturated heterocycles. The van der Waals surface area contributed by atoms with Gasteiger partial charge < -0.3 is 14.9 Å². The number of carboxylic acids is 1. The Morgan fingerprint density at radius 1 is 1.22 bits per heavy atom. The van der Waals surface area contributed by atoms with Crippen molar-refractivity contribution in [3.63, 3.8) is 0 Å². The maximum absolute atomic E-state index is 10.8. The summed E-state index contributed by atoms with van der Waals surface area (Å²) in [6.45, 7) is 11.1. The molecule has 18 heavy (non-hydrogen) atoms. The number of aliphatic carboxylic acids is 1. The zero-order valence-corrected chi connectivity index (χ0v) is 11.1. The molecule has 5 heteroatoms. The minimum Gasteiger partial charge on any atom is -0.481 e. The summed E-state index contributed by atoms with van der Waals surface area (Å²) in [5.74, 6) is -1.25. The molecule has 106 valence electrons. The van der Waals surface area contributed by atoms with Crippen molar-refractivity contribution in [3.8, 4) is 0 Å². The van der Waals surface area contributed by atoms with E-state index in [1.165, 1.54) is 0 Å². The fourth-order valence-corrected chi connectivity index (χ4v) is 0.777. The van der Waals surface area contributed by atoms with E-state index in [1.54, 1.807) is 6.08 Å². The third kappa shape index (κ3) is 29.3. The van der Waals surface area contributed by atoms with Gasteiger partial charge in [-0.15, -0.1) is 19.7 Å². The number of rotatable bonds is 7. The molecular weight excluding hydrogens is 236 g/mol. The van der Waals surface area contributed by atoms with E-state index in [1.807, 2.05) is 6.92 Å². The van der Waals surface area contributed by atoms with Gasteiger partial charge in [0.15, 0.2) is 0 Å². The largest absolute Gasteiger partial charge is 0.481 e. The van der Waals surface area contributed by atoms with Crippen LogP contribution in [0.4, 0.5) is 0 Å². The van der Waals surface area contributed by atoms with Crippen molar-refractivity contribution < 1.29 is 24.5 Å². The van der Waals surface area contributed by atoms with Crippen LogP contribution in [0.15, 0.2) is 25.8 Å². The Morgan fingerprint density at radius 3 is 2.06 bits per heavy atom. The van der Waals surface area contributed by atoms with Crippen LogP contribution >= 0.6 is 0 Å². The third-order valence-corrected chi connectivity index (χ3v) is 1.38. The second-order valence-corrected chi connectivity index (χ2v) is 2.95. The van der Waals surface area contributed by atoms with Gasteiger partial charge in [0.1, 0.15) is 6.61 Å². The third-order valence-electron chi connectivity index (χ3n) is 1.38. The highest BCUT2D eigenvalue weighted by Crippen LogP contribution is 2.00. The highest BCUT2D eigenvalue weighted by molar-refractivity contribution is 5.69. The number of ether oxygens (including phenoxy) is 1. The number of esters is 1. The lowest BCUT2D eigenvalue weighted by molar-refractivity contribution is -0.145. The van der Waals surface area contributed by atoms with Crippen molar-refractivity contribution in [1.82, 2.24) is 0 Å². The van der Waals surface area contributed by atoms with E-state index in [-0.39, 0.29) is 32.0 Å². The van der Waals surface area contributed by atoms with Crippen molar-refractivity contribution >= 4 is 11.9 Å². The molecule has 5 nitrogen and oxygen atoms in total. The fraction of sp³-hybridized carbons (Fsp3) is 0.538. The smallest absolute Gasteiger partial charge is 0.305 e. The Bertz CT molecular complexity index is 213.